The molecule has 100 valence electrons. The molecule has 2 N–H and O–H groups in total. The maximum Gasteiger partial charge on any atom is 0.319 e. The van der Waals surface area contributed by atoms with E-state index in [2.05, 4.69) is 11.8 Å². The third-order valence-corrected chi connectivity index (χ3v) is 2.77. The second kappa shape index (κ2) is 6.60. The maximum absolute atomic E-state index is 11.0. The zero-order valence-electron chi connectivity index (χ0n) is 10.8. The molecule has 1 rings (SSSR count). The van der Waals surface area contributed by atoms with Crippen molar-refractivity contribution in [3.63, 3.8) is 0 Å². The fourth-order valence-corrected chi connectivity index (χ4v) is 1.74. The highest BCUT2D eigenvalue weighted by Crippen LogP contribution is 2.21. The van der Waals surface area contributed by atoms with E-state index >= 15 is 0 Å². The summed E-state index contributed by atoms with van der Waals surface area (Å²) in [7, 11) is 0. The molecule has 0 saturated heterocycles. The lowest BCUT2D eigenvalue weighted by Gasteiger charge is -2.18. The number of aliphatic carboxylic acids is 2. The first kappa shape index (κ1) is 14.8. The summed E-state index contributed by atoms with van der Waals surface area (Å²) in [4.78, 5) is 22.1. The third-order valence-electron chi connectivity index (χ3n) is 2.77. The van der Waals surface area contributed by atoms with E-state index in [-0.39, 0.29) is 5.92 Å². The Balaban J connectivity index is 3.06. The molecule has 4 heteroatoms. The Labute approximate surface area is 112 Å². The summed E-state index contributed by atoms with van der Waals surface area (Å²) < 4.78 is 0. The highest BCUT2D eigenvalue weighted by atomic mass is 16.4. The van der Waals surface area contributed by atoms with Gasteiger partial charge >= 0.3 is 11.9 Å². The molecule has 0 aliphatic rings. The van der Waals surface area contributed by atoms with Crippen molar-refractivity contribution in [2.75, 3.05) is 0 Å². The summed E-state index contributed by atoms with van der Waals surface area (Å²) in [5, 5.41) is 18.0. The van der Waals surface area contributed by atoms with Crippen LogP contribution >= 0.6 is 0 Å². The second-order valence-corrected chi connectivity index (χ2v) is 4.56. The molecular weight excluding hydrogens is 244 g/mol. The van der Waals surface area contributed by atoms with Crippen molar-refractivity contribution in [1.29, 1.82) is 0 Å². The first-order valence-electron chi connectivity index (χ1n) is 5.95. The van der Waals surface area contributed by atoms with Crippen LogP contribution in [0.4, 0.5) is 0 Å². The van der Waals surface area contributed by atoms with Crippen LogP contribution in [0, 0.1) is 29.6 Å². The molecule has 1 aromatic carbocycles. The monoisotopic (exact) mass is 260 g/mol. The van der Waals surface area contributed by atoms with Gasteiger partial charge in [0.05, 0.1) is 0 Å². The van der Waals surface area contributed by atoms with Crippen molar-refractivity contribution in [3.8, 4) is 11.8 Å². The highest BCUT2D eigenvalue weighted by Gasteiger charge is 2.35. The molecule has 0 aliphatic heterocycles. The fourth-order valence-electron chi connectivity index (χ4n) is 1.74. The SMILES string of the molecule is CC(C)C(C#Cc1ccccc1)C(C(=O)O)C(=O)O. The average Bonchev–Trinajstić information content (AvgIpc) is 2.34. The maximum atomic E-state index is 11.0. The van der Waals surface area contributed by atoms with Crippen LogP contribution in [0.15, 0.2) is 30.3 Å². The van der Waals surface area contributed by atoms with Crippen LogP contribution in [0.3, 0.4) is 0 Å². The molecule has 19 heavy (non-hydrogen) atoms. The smallest absolute Gasteiger partial charge is 0.319 e. The Morgan fingerprint density at radius 3 is 2.00 bits per heavy atom. The highest BCUT2D eigenvalue weighted by molar-refractivity contribution is 5.93. The average molecular weight is 260 g/mol. The van der Waals surface area contributed by atoms with Crippen LogP contribution in [0.1, 0.15) is 19.4 Å². The Morgan fingerprint density at radius 2 is 1.58 bits per heavy atom. The van der Waals surface area contributed by atoms with E-state index in [4.69, 9.17) is 10.2 Å². The molecule has 0 amide bonds. The van der Waals surface area contributed by atoms with Gasteiger partial charge in [0.2, 0.25) is 0 Å². The predicted octanol–water partition coefficient (Wildman–Crippen LogP) is 2.10. The zero-order valence-corrected chi connectivity index (χ0v) is 10.8. The van der Waals surface area contributed by atoms with E-state index in [1.54, 1.807) is 26.0 Å². The van der Waals surface area contributed by atoms with Crippen LogP contribution in [0.25, 0.3) is 0 Å². The van der Waals surface area contributed by atoms with Crippen LogP contribution < -0.4 is 0 Å². The number of carbonyl (C=O) groups is 2. The minimum absolute atomic E-state index is 0.159. The van der Waals surface area contributed by atoms with Crippen molar-refractivity contribution in [2.45, 2.75) is 13.8 Å². The Kier molecular flexibility index (Phi) is 5.13. The predicted molar refractivity (Wildman–Crippen MR) is 70.4 cm³/mol. The number of carboxylic acids is 2. The van der Waals surface area contributed by atoms with Crippen molar-refractivity contribution in [1.82, 2.24) is 0 Å². The normalized spacial score (nSPS) is 11.8. The molecule has 0 spiro atoms. The van der Waals surface area contributed by atoms with Crippen LogP contribution in [-0.2, 0) is 9.59 Å². The van der Waals surface area contributed by atoms with Gasteiger partial charge in [-0.3, -0.25) is 9.59 Å². The van der Waals surface area contributed by atoms with E-state index in [1.807, 2.05) is 18.2 Å². The first-order valence-corrected chi connectivity index (χ1v) is 5.95. The van der Waals surface area contributed by atoms with Crippen LogP contribution in [0.2, 0.25) is 0 Å². The molecule has 1 aromatic rings. The van der Waals surface area contributed by atoms with E-state index in [0.717, 1.165) is 5.56 Å². The lowest BCUT2D eigenvalue weighted by Crippen LogP contribution is -2.33. The standard InChI is InChI=1S/C15H16O4/c1-10(2)12(13(14(16)17)15(18)19)9-8-11-6-4-3-5-7-11/h3-7,10,12-13H,1-2H3,(H,16,17)(H,18,19). The van der Waals surface area contributed by atoms with Crippen molar-refractivity contribution >= 4 is 11.9 Å². The third kappa shape index (κ3) is 4.14. The summed E-state index contributed by atoms with van der Waals surface area (Å²) in [6, 6.07) is 9.07. The lowest BCUT2D eigenvalue weighted by atomic mass is 9.83. The number of carboxylic acid groups (broad SMARTS) is 2. The summed E-state index contributed by atoms with van der Waals surface area (Å²) in [6.45, 7) is 3.53. The first-order chi connectivity index (χ1) is 8.93. The van der Waals surface area contributed by atoms with E-state index in [9.17, 15) is 9.59 Å². The van der Waals surface area contributed by atoms with E-state index in [1.165, 1.54) is 0 Å². The number of hydrogen-bond donors (Lipinski definition) is 2. The van der Waals surface area contributed by atoms with Gasteiger partial charge in [-0.1, -0.05) is 43.9 Å². The van der Waals surface area contributed by atoms with Gasteiger partial charge in [0.25, 0.3) is 0 Å². The van der Waals surface area contributed by atoms with Crippen molar-refractivity contribution in [3.05, 3.63) is 35.9 Å². The topological polar surface area (TPSA) is 74.6 Å². The molecular formula is C15H16O4. The van der Waals surface area contributed by atoms with Crippen molar-refractivity contribution < 1.29 is 19.8 Å². The summed E-state index contributed by atoms with van der Waals surface area (Å²) in [5.74, 6) is 0.531. The van der Waals surface area contributed by atoms with Crippen molar-refractivity contribution in [2.24, 2.45) is 17.8 Å². The number of benzene rings is 1. The van der Waals surface area contributed by atoms with E-state index in [0.29, 0.717) is 0 Å². The van der Waals surface area contributed by atoms with Gasteiger partial charge in [-0.2, -0.15) is 0 Å². The minimum Gasteiger partial charge on any atom is -0.481 e. The molecule has 4 nitrogen and oxygen atoms in total. The van der Waals surface area contributed by atoms with Gasteiger partial charge in [-0.15, -0.1) is 0 Å². The fraction of sp³-hybridized carbons (Fsp3) is 0.333. The van der Waals surface area contributed by atoms with Gasteiger partial charge in [0.1, 0.15) is 0 Å². The van der Waals surface area contributed by atoms with Crippen LogP contribution in [-0.4, -0.2) is 22.2 Å². The summed E-state index contributed by atoms with van der Waals surface area (Å²) in [5.41, 5.74) is 0.739. The Morgan fingerprint density at radius 1 is 1.05 bits per heavy atom. The number of rotatable bonds is 4. The van der Waals surface area contributed by atoms with Gasteiger partial charge in [0.15, 0.2) is 5.92 Å². The van der Waals surface area contributed by atoms with E-state index < -0.39 is 23.8 Å². The summed E-state index contributed by atoms with van der Waals surface area (Å²) >= 11 is 0. The molecule has 0 aliphatic carbocycles. The van der Waals surface area contributed by atoms with Crippen LogP contribution in [0.5, 0.6) is 0 Å². The van der Waals surface area contributed by atoms with Gasteiger partial charge < -0.3 is 10.2 Å². The minimum atomic E-state index is -1.50. The van der Waals surface area contributed by atoms with Gasteiger partial charge in [-0.05, 0) is 18.1 Å². The molecule has 0 saturated carbocycles. The quantitative estimate of drug-likeness (QED) is 0.642. The van der Waals surface area contributed by atoms with Gasteiger partial charge in [-0.25, -0.2) is 0 Å². The largest absolute Gasteiger partial charge is 0.481 e. The Bertz CT molecular complexity index is 494. The zero-order chi connectivity index (χ0) is 14.4. The molecule has 0 aromatic heterocycles. The second-order valence-electron chi connectivity index (χ2n) is 4.56. The molecule has 0 heterocycles. The molecule has 0 radical (unpaired) electrons. The molecule has 1 unspecified atom stereocenters. The Hall–Kier alpha value is -2.28. The number of hydrogen-bond acceptors (Lipinski definition) is 2. The lowest BCUT2D eigenvalue weighted by molar-refractivity contribution is -0.156. The van der Waals surface area contributed by atoms with Gasteiger partial charge in [0, 0.05) is 11.5 Å². The molecule has 0 bridgehead atoms. The molecule has 1 atom stereocenters. The summed E-state index contributed by atoms with van der Waals surface area (Å²) in [6.07, 6.45) is 0. The molecule has 0 fully saturated rings.